The van der Waals surface area contributed by atoms with Gasteiger partial charge in [0.05, 0.1) is 0 Å². The van der Waals surface area contributed by atoms with Crippen molar-refractivity contribution in [3.05, 3.63) is 5.82 Å². The van der Waals surface area contributed by atoms with Gasteiger partial charge in [0.25, 0.3) is 0 Å². The van der Waals surface area contributed by atoms with E-state index in [9.17, 15) is 0 Å². The van der Waals surface area contributed by atoms with Gasteiger partial charge in [-0.25, -0.2) is 5.84 Å². The van der Waals surface area contributed by atoms with E-state index in [1.807, 2.05) is 6.92 Å². The van der Waals surface area contributed by atoms with Crippen molar-refractivity contribution in [1.82, 2.24) is 10.1 Å². The van der Waals surface area contributed by atoms with E-state index in [-0.39, 0.29) is 12.1 Å². The highest BCUT2D eigenvalue weighted by Crippen LogP contribution is 2.42. The van der Waals surface area contributed by atoms with E-state index in [1.54, 1.807) is 0 Å². The molecule has 6 nitrogen and oxygen atoms in total. The van der Waals surface area contributed by atoms with Crippen LogP contribution in [0.3, 0.4) is 0 Å². The number of ether oxygens (including phenoxy) is 1. The van der Waals surface area contributed by atoms with Crippen LogP contribution >= 0.6 is 0 Å². The van der Waals surface area contributed by atoms with E-state index < -0.39 is 0 Å². The van der Waals surface area contributed by atoms with Gasteiger partial charge in [-0.05, 0) is 25.7 Å². The van der Waals surface area contributed by atoms with Gasteiger partial charge in [0.1, 0.15) is 6.10 Å². The van der Waals surface area contributed by atoms with Gasteiger partial charge in [-0.1, -0.05) is 5.16 Å². The molecule has 6 heteroatoms. The first-order chi connectivity index (χ1) is 6.85. The van der Waals surface area contributed by atoms with Gasteiger partial charge in [-0.15, -0.1) is 0 Å². The van der Waals surface area contributed by atoms with E-state index in [4.69, 9.17) is 15.1 Å². The molecule has 1 aliphatic rings. The van der Waals surface area contributed by atoms with Crippen LogP contribution in [0.5, 0.6) is 0 Å². The molecule has 1 aliphatic carbocycles. The Morgan fingerprint density at radius 3 is 3.00 bits per heavy atom. The van der Waals surface area contributed by atoms with Gasteiger partial charge in [-0.3, -0.25) is 5.43 Å². The van der Waals surface area contributed by atoms with Crippen molar-refractivity contribution in [2.24, 2.45) is 11.8 Å². The van der Waals surface area contributed by atoms with Crippen LogP contribution in [0.25, 0.3) is 0 Å². The van der Waals surface area contributed by atoms with Crippen LogP contribution < -0.4 is 11.3 Å². The van der Waals surface area contributed by atoms with Crippen molar-refractivity contribution >= 4 is 6.01 Å². The first kappa shape index (κ1) is 9.42. The molecule has 1 heterocycles. The second-order valence-corrected chi connectivity index (χ2v) is 3.32. The average Bonchev–Trinajstić information content (AvgIpc) is 2.92. The molecule has 0 radical (unpaired) electrons. The number of aromatic nitrogens is 2. The molecule has 0 amide bonds. The van der Waals surface area contributed by atoms with Crippen molar-refractivity contribution < 1.29 is 9.26 Å². The zero-order valence-corrected chi connectivity index (χ0v) is 8.06. The molecule has 1 atom stereocenters. The normalized spacial score (nSPS) is 18.1. The maximum Gasteiger partial charge on any atom is 0.335 e. The Morgan fingerprint density at radius 2 is 2.50 bits per heavy atom. The van der Waals surface area contributed by atoms with Crippen molar-refractivity contribution in [1.29, 1.82) is 0 Å². The summed E-state index contributed by atoms with van der Waals surface area (Å²) in [5, 5.41) is 3.81. The minimum absolute atomic E-state index is 0.0363. The molecule has 0 aromatic carbocycles. The average molecular weight is 198 g/mol. The zero-order chi connectivity index (χ0) is 9.97. The highest BCUT2D eigenvalue weighted by Gasteiger charge is 2.36. The molecule has 1 aromatic heterocycles. The van der Waals surface area contributed by atoms with E-state index in [0.29, 0.717) is 18.3 Å². The van der Waals surface area contributed by atoms with Crippen molar-refractivity contribution in [2.75, 3.05) is 12.0 Å². The van der Waals surface area contributed by atoms with Gasteiger partial charge in [0.15, 0.2) is 0 Å². The number of nitrogens with two attached hydrogens (primary N) is 1. The monoisotopic (exact) mass is 198 g/mol. The summed E-state index contributed by atoms with van der Waals surface area (Å²) in [6.07, 6.45) is 2.31. The van der Waals surface area contributed by atoms with E-state index in [1.165, 1.54) is 12.8 Å². The Labute approximate surface area is 81.8 Å². The molecule has 0 spiro atoms. The highest BCUT2D eigenvalue weighted by atomic mass is 16.5. The molecule has 3 N–H and O–H groups in total. The van der Waals surface area contributed by atoms with E-state index in [0.717, 1.165) is 0 Å². The van der Waals surface area contributed by atoms with E-state index in [2.05, 4.69) is 15.6 Å². The summed E-state index contributed by atoms with van der Waals surface area (Å²) in [6.45, 7) is 2.61. The Kier molecular flexibility index (Phi) is 2.64. The largest absolute Gasteiger partial charge is 0.370 e. The summed E-state index contributed by atoms with van der Waals surface area (Å²) < 4.78 is 10.4. The third kappa shape index (κ3) is 1.85. The lowest BCUT2D eigenvalue weighted by Crippen LogP contribution is -2.10. The van der Waals surface area contributed by atoms with Crippen LogP contribution in [0, 0.1) is 5.92 Å². The van der Waals surface area contributed by atoms with Crippen LogP contribution in [0.2, 0.25) is 0 Å². The lowest BCUT2D eigenvalue weighted by Gasteiger charge is -2.10. The maximum absolute atomic E-state index is 5.56. The Balaban J connectivity index is 2.08. The first-order valence-electron chi connectivity index (χ1n) is 4.77. The predicted molar refractivity (Wildman–Crippen MR) is 49.2 cm³/mol. The summed E-state index contributed by atoms with van der Waals surface area (Å²) in [6, 6.07) is 0.227. The number of hydrogen-bond acceptors (Lipinski definition) is 6. The van der Waals surface area contributed by atoms with Crippen LogP contribution in [0.4, 0.5) is 6.01 Å². The second-order valence-electron chi connectivity index (χ2n) is 3.32. The van der Waals surface area contributed by atoms with Crippen LogP contribution in [0.15, 0.2) is 4.52 Å². The fourth-order valence-corrected chi connectivity index (χ4v) is 1.41. The molecular weight excluding hydrogens is 184 g/mol. The lowest BCUT2D eigenvalue weighted by molar-refractivity contribution is 0.0385. The molecule has 0 bridgehead atoms. The smallest absolute Gasteiger partial charge is 0.335 e. The Bertz CT molecular complexity index is 297. The zero-order valence-electron chi connectivity index (χ0n) is 8.06. The van der Waals surface area contributed by atoms with Gasteiger partial charge in [0.2, 0.25) is 5.82 Å². The van der Waals surface area contributed by atoms with Gasteiger partial charge >= 0.3 is 6.01 Å². The third-order valence-electron chi connectivity index (χ3n) is 2.22. The molecular formula is C8H14N4O2. The van der Waals surface area contributed by atoms with Crippen molar-refractivity contribution in [3.63, 3.8) is 0 Å². The van der Waals surface area contributed by atoms with Crippen LogP contribution in [-0.4, -0.2) is 16.7 Å². The number of nitrogen functional groups attached to an aromatic ring is 1. The second kappa shape index (κ2) is 3.93. The first-order valence-corrected chi connectivity index (χ1v) is 4.77. The van der Waals surface area contributed by atoms with Crippen LogP contribution in [-0.2, 0) is 4.74 Å². The molecule has 1 fully saturated rings. The molecule has 1 aromatic rings. The molecule has 0 saturated heterocycles. The summed E-state index contributed by atoms with van der Waals surface area (Å²) in [4.78, 5) is 4.07. The van der Waals surface area contributed by atoms with E-state index >= 15 is 0 Å². The van der Waals surface area contributed by atoms with Crippen LogP contribution in [0.1, 0.15) is 31.7 Å². The molecule has 0 aliphatic heterocycles. The van der Waals surface area contributed by atoms with Gasteiger partial charge in [-0.2, -0.15) is 4.98 Å². The number of hydrogen-bond donors (Lipinski definition) is 2. The fourth-order valence-electron chi connectivity index (χ4n) is 1.41. The molecule has 1 saturated carbocycles. The molecule has 78 valence electrons. The SMILES string of the molecule is CCOC(c1noc(NN)n1)C1CC1. The maximum atomic E-state index is 5.56. The number of anilines is 1. The molecule has 14 heavy (non-hydrogen) atoms. The Hall–Kier alpha value is -1.14. The Morgan fingerprint density at radius 1 is 1.71 bits per heavy atom. The van der Waals surface area contributed by atoms with Crippen molar-refractivity contribution in [3.8, 4) is 0 Å². The minimum Gasteiger partial charge on any atom is -0.370 e. The third-order valence-corrected chi connectivity index (χ3v) is 2.22. The topological polar surface area (TPSA) is 86.2 Å². The lowest BCUT2D eigenvalue weighted by atomic mass is 10.2. The number of hydrazine groups is 1. The summed E-state index contributed by atoms with van der Waals surface area (Å²) >= 11 is 0. The highest BCUT2D eigenvalue weighted by molar-refractivity contribution is 5.16. The fraction of sp³-hybridized carbons (Fsp3) is 0.750. The molecule has 1 unspecified atom stereocenters. The van der Waals surface area contributed by atoms with Crippen molar-refractivity contribution in [2.45, 2.75) is 25.9 Å². The minimum atomic E-state index is -0.0363. The van der Waals surface area contributed by atoms with Gasteiger partial charge < -0.3 is 9.26 Å². The summed E-state index contributed by atoms with van der Waals surface area (Å²) in [7, 11) is 0. The summed E-state index contributed by atoms with van der Waals surface area (Å²) in [5.41, 5.74) is 2.31. The quantitative estimate of drug-likeness (QED) is 0.538. The predicted octanol–water partition coefficient (Wildman–Crippen LogP) is 0.843. The standard InChI is InChI=1S/C8H14N4O2/c1-2-13-6(5-3-4-5)7-10-8(11-9)14-12-7/h5-6H,2-4,9H2,1H3,(H,10,11,12). The number of rotatable bonds is 5. The molecule has 2 rings (SSSR count). The number of nitrogens with zero attached hydrogens (tertiary/aromatic N) is 2. The summed E-state index contributed by atoms with van der Waals surface area (Å²) in [5.74, 6) is 6.27. The number of nitrogens with one attached hydrogen (secondary N) is 1. The van der Waals surface area contributed by atoms with Gasteiger partial charge in [0, 0.05) is 6.61 Å².